The van der Waals surface area contributed by atoms with Crippen LogP contribution in [0.2, 0.25) is 5.02 Å². The molecule has 19 heavy (non-hydrogen) atoms. The molecule has 0 radical (unpaired) electrons. The lowest BCUT2D eigenvalue weighted by Crippen LogP contribution is -2.50. The maximum Gasteiger partial charge on any atom is 0.325 e. The molecule has 0 amide bonds. The number of carbonyl (C=O) groups is 1. The lowest BCUT2D eigenvalue weighted by Gasteiger charge is -2.27. The fourth-order valence-electron chi connectivity index (χ4n) is 2.41. The predicted octanol–water partition coefficient (Wildman–Crippen LogP) is 2.65. The lowest BCUT2D eigenvalue weighted by molar-refractivity contribution is -0.142. The van der Waals surface area contributed by atoms with Gasteiger partial charge in [0.1, 0.15) is 5.54 Å². The number of likely N-dealkylation sites (tertiary alicyclic amines) is 1. The van der Waals surface area contributed by atoms with Crippen molar-refractivity contribution in [2.75, 3.05) is 13.1 Å². The topological polar surface area (TPSA) is 66.6 Å². The van der Waals surface area contributed by atoms with Crippen molar-refractivity contribution in [3.05, 3.63) is 33.3 Å². The normalized spacial score (nSPS) is 25.5. The second kappa shape index (κ2) is 5.40. The van der Waals surface area contributed by atoms with Gasteiger partial charge in [-0.2, -0.15) is 0 Å². The summed E-state index contributed by atoms with van der Waals surface area (Å²) in [6.07, 6.45) is 0.459. The highest BCUT2D eigenvalue weighted by Crippen LogP contribution is 2.33. The number of carboxylic acids is 1. The molecule has 0 aliphatic carbocycles. The smallest absolute Gasteiger partial charge is 0.325 e. The molecule has 1 aromatic rings. The Kier molecular flexibility index (Phi) is 4.20. The number of aliphatic carboxylic acids is 1. The SMILES string of the molecule is CC(c1ccc(Br)cc1Cl)N1CCC(N)(C(=O)O)C1. The van der Waals surface area contributed by atoms with Crippen LogP contribution in [0.1, 0.15) is 24.9 Å². The minimum Gasteiger partial charge on any atom is -0.480 e. The molecular formula is C13H16BrClN2O2. The molecule has 0 aromatic heterocycles. The van der Waals surface area contributed by atoms with Crippen LogP contribution in [0.25, 0.3) is 0 Å². The van der Waals surface area contributed by atoms with Crippen LogP contribution in [-0.2, 0) is 4.79 Å². The number of nitrogens with two attached hydrogens (primary N) is 1. The Morgan fingerprint density at radius 3 is 2.84 bits per heavy atom. The van der Waals surface area contributed by atoms with Gasteiger partial charge in [0.25, 0.3) is 0 Å². The summed E-state index contributed by atoms with van der Waals surface area (Å²) in [6.45, 7) is 3.02. The third-order valence-corrected chi connectivity index (χ3v) is 4.54. The summed E-state index contributed by atoms with van der Waals surface area (Å²) in [4.78, 5) is 13.2. The van der Waals surface area contributed by atoms with Crippen LogP contribution in [-0.4, -0.2) is 34.6 Å². The standard InChI is InChI=1S/C13H16BrClN2O2/c1-8(10-3-2-9(14)6-11(10)15)17-5-4-13(16,7-17)12(18)19/h2-3,6,8H,4-5,7,16H2,1H3,(H,18,19). The van der Waals surface area contributed by atoms with E-state index >= 15 is 0 Å². The van der Waals surface area contributed by atoms with Gasteiger partial charge in [0.15, 0.2) is 0 Å². The maximum atomic E-state index is 11.2. The Labute approximate surface area is 125 Å². The molecule has 1 aromatic carbocycles. The molecule has 0 saturated carbocycles. The van der Waals surface area contributed by atoms with Gasteiger partial charge in [0.2, 0.25) is 0 Å². The van der Waals surface area contributed by atoms with Gasteiger partial charge in [0.05, 0.1) is 0 Å². The molecule has 2 rings (SSSR count). The average molecular weight is 348 g/mol. The molecule has 2 unspecified atom stereocenters. The molecule has 1 aliphatic heterocycles. The summed E-state index contributed by atoms with van der Waals surface area (Å²) in [5.41, 5.74) is 5.73. The largest absolute Gasteiger partial charge is 0.480 e. The quantitative estimate of drug-likeness (QED) is 0.882. The molecule has 1 saturated heterocycles. The van der Waals surface area contributed by atoms with Gasteiger partial charge in [-0.15, -0.1) is 0 Å². The van der Waals surface area contributed by atoms with Gasteiger partial charge in [0, 0.05) is 28.6 Å². The average Bonchev–Trinajstić information content (AvgIpc) is 2.73. The first-order valence-electron chi connectivity index (χ1n) is 6.05. The molecule has 2 atom stereocenters. The summed E-state index contributed by atoms with van der Waals surface area (Å²) < 4.78 is 0.925. The second-order valence-corrected chi connectivity index (χ2v) is 6.35. The van der Waals surface area contributed by atoms with Crippen molar-refractivity contribution < 1.29 is 9.90 Å². The van der Waals surface area contributed by atoms with Crippen LogP contribution in [0.15, 0.2) is 22.7 Å². The maximum absolute atomic E-state index is 11.2. The number of hydrogen-bond acceptors (Lipinski definition) is 3. The monoisotopic (exact) mass is 346 g/mol. The third-order valence-electron chi connectivity index (χ3n) is 3.72. The van der Waals surface area contributed by atoms with Crippen LogP contribution in [0.4, 0.5) is 0 Å². The van der Waals surface area contributed by atoms with Crippen molar-refractivity contribution in [1.29, 1.82) is 0 Å². The second-order valence-electron chi connectivity index (χ2n) is 5.02. The number of rotatable bonds is 3. The van der Waals surface area contributed by atoms with Gasteiger partial charge in [-0.3, -0.25) is 9.69 Å². The Bertz CT molecular complexity index is 511. The molecular weight excluding hydrogens is 332 g/mol. The first-order valence-corrected chi connectivity index (χ1v) is 7.22. The van der Waals surface area contributed by atoms with Crippen molar-refractivity contribution in [3.63, 3.8) is 0 Å². The fourth-order valence-corrected chi connectivity index (χ4v) is 3.24. The molecule has 1 heterocycles. The summed E-state index contributed by atoms with van der Waals surface area (Å²) in [5.74, 6) is -0.941. The van der Waals surface area contributed by atoms with Crippen LogP contribution >= 0.6 is 27.5 Å². The zero-order valence-corrected chi connectivity index (χ0v) is 12.9. The van der Waals surface area contributed by atoms with E-state index in [1.807, 2.05) is 25.1 Å². The van der Waals surface area contributed by atoms with Crippen molar-refractivity contribution >= 4 is 33.5 Å². The number of benzene rings is 1. The molecule has 3 N–H and O–H groups in total. The number of nitrogens with zero attached hydrogens (tertiary/aromatic N) is 1. The van der Waals surface area contributed by atoms with Crippen LogP contribution in [0, 0.1) is 0 Å². The van der Waals surface area contributed by atoms with Crippen molar-refractivity contribution in [3.8, 4) is 0 Å². The van der Waals surface area contributed by atoms with E-state index in [4.69, 9.17) is 22.4 Å². The van der Waals surface area contributed by atoms with Crippen molar-refractivity contribution in [2.45, 2.75) is 24.9 Å². The minimum absolute atomic E-state index is 0.0466. The van der Waals surface area contributed by atoms with Crippen molar-refractivity contribution in [2.24, 2.45) is 5.73 Å². The molecule has 104 valence electrons. The van der Waals surface area contributed by atoms with Crippen molar-refractivity contribution in [1.82, 2.24) is 4.90 Å². The highest BCUT2D eigenvalue weighted by atomic mass is 79.9. The molecule has 1 aliphatic rings. The van der Waals surface area contributed by atoms with E-state index in [0.717, 1.165) is 10.0 Å². The third kappa shape index (κ3) is 2.94. The zero-order valence-electron chi connectivity index (χ0n) is 10.6. The molecule has 1 fully saturated rings. The van der Waals surface area contributed by atoms with E-state index in [2.05, 4.69) is 20.8 Å². The molecule has 6 heteroatoms. The fraction of sp³-hybridized carbons (Fsp3) is 0.462. The van der Waals surface area contributed by atoms with Gasteiger partial charge < -0.3 is 10.8 Å². The highest BCUT2D eigenvalue weighted by Gasteiger charge is 2.42. The summed E-state index contributed by atoms with van der Waals surface area (Å²) in [7, 11) is 0. The Morgan fingerprint density at radius 2 is 2.32 bits per heavy atom. The zero-order chi connectivity index (χ0) is 14.2. The lowest BCUT2D eigenvalue weighted by atomic mass is 10.0. The molecule has 0 bridgehead atoms. The number of carboxylic acid groups (broad SMARTS) is 1. The van der Waals surface area contributed by atoms with Crippen LogP contribution < -0.4 is 5.73 Å². The Morgan fingerprint density at radius 1 is 1.63 bits per heavy atom. The summed E-state index contributed by atoms with van der Waals surface area (Å²) >= 11 is 9.60. The first kappa shape index (κ1) is 14.8. The number of halogens is 2. The van der Waals surface area contributed by atoms with Crippen LogP contribution in [0.3, 0.4) is 0 Å². The molecule has 4 nitrogen and oxygen atoms in total. The minimum atomic E-state index is -1.14. The Hall–Kier alpha value is -0.620. The predicted molar refractivity (Wildman–Crippen MR) is 78.3 cm³/mol. The number of hydrogen-bond donors (Lipinski definition) is 2. The van der Waals surface area contributed by atoms with E-state index in [1.165, 1.54) is 0 Å². The van der Waals surface area contributed by atoms with E-state index < -0.39 is 11.5 Å². The Balaban J connectivity index is 2.17. The first-order chi connectivity index (χ1) is 8.83. The molecule has 0 spiro atoms. The van der Waals surface area contributed by atoms with E-state index in [-0.39, 0.29) is 6.04 Å². The van der Waals surface area contributed by atoms with E-state index in [0.29, 0.717) is 24.5 Å². The van der Waals surface area contributed by atoms with Gasteiger partial charge in [-0.25, -0.2) is 0 Å². The summed E-state index contributed by atoms with van der Waals surface area (Å²) in [5, 5.41) is 9.82. The summed E-state index contributed by atoms with van der Waals surface area (Å²) in [6, 6.07) is 5.77. The highest BCUT2D eigenvalue weighted by molar-refractivity contribution is 9.10. The van der Waals surface area contributed by atoms with Gasteiger partial charge in [-0.1, -0.05) is 33.6 Å². The van der Waals surface area contributed by atoms with E-state index in [9.17, 15) is 4.79 Å². The van der Waals surface area contributed by atoms with Crippen LogP contribution in [0.5, 0.6) is 0 Å². The van der Waals surface area contributed by atoms with E-state index in [1.54, 1.807) is 0 Å². The van der Waals surface area contributed by atoms with Gasteiger partial charge >= 0.3 is 5.97 Å². The van der Waals surface area contributed by atoms with Gasteiger partial charge in [-0.05, 0) is 31.0 Å².